The summed E-state index contributed by atoms with van der Waals surface area (Å²) in [6, 6.07) is 9.53. The predicted octanol–water partition coefficient (Wildman–Crippen LogP) is 3.89. The summed E-state index contributed by atoms with van der Waals surface area (Å²) in [5, 5.41) is 3.73. The molecule has 1 saturated heterocycles. The van der Waals surface area contributed by atoms with Gasteiger partial charge in [0.15, 0.2) is 0 Å². The molecule has 0 unspecified atom stereocenters. The number of nitrogens with zero attached hydrogens (tertiary/aromatic N) is 1. The zero-order valence-corrected chi connectivity index (χ0v) is 11.4. The Morgan fingerprint density at radius 2 is 1.78 bits per heavy atom. The molecule has 3 rings (SSSR count). The standard InChI is InChI=1S/C16H24N2/c1-13-11-14(12-13)17-15-7-3-4-8-16(15)18-9-5-2-6-10-18/h3-4,7-8,13-14,17H,2,5-6,9-12H2,1H3. The average Bonchev–Trinajstić information content (AvgIpc) is 2.39. The van der Waals surface area contributed by atoms with Gasteiger partial charge in [0.2, 0.25) is 0 Å². The number of hydrogen-bond acceptors (Lipinski definition) is 2. The van der Waals surface area contributed by atoms with E-state index in [9.17, 15) is 0 Å². The fourth-order valence-corrected chi connectivity index (χ4v) is 3.25. The molecule has 1 heterocycles. The largest absolute Gasteiger partial charge is 0.381 e. The summed E-state index contributed by atoms with van der Waals surface area (Å²) in [6.45, 7) is 4.79. The average molecular weight is 244 g/mol. The smallest absolute Gasteiger partial charge is 0.0602 e. The van der Waals surface area contributed by atoms with Crippen molar-refractivity contribution in [3.8, 4) is 0 Å². The van der Waals surface area contributed by atoms with Crippen molar-refractivity contribution in [2.24, 2.45) is 5.92 Å². The molecule has 0 spiro atoms. The maximum atomic E-state index is 3.73. The second kappa shape index (κ2) is 5.21. The van der Waals surface area contributed by atoms with Gasteiger partial charge in [-0.2, -0.15) is 0 Å². The van der Waals surface area contributed by atoms with Crippen molar-refractivity contribution in [2.75, 3.05) is 23.3 Å². The Balaban J connectivity index is 1.72. The minimum Gasteiger partial charge on any atom is -0.381 e. The van der Waals surface area contributed by atoms with Gasteiger partial charge in [0.1, 0.15) is 0 Å². The number of hydrogen-bond donors (Lipinski definition) is 1. The lowest BCUT2D eigenvalue weighted by Gasteiger charge is -2.36. The van der Waals surface area contributed by atoms with Crippen LogP contribution in [0.5, 0.6) is 0 Å². The van der Waals surface area contributed by atoms with Gasteiger partial charge in [0.25, 0.3) is 0 Å². The van der Waals surface area contributed by atoms with Gasteiger partial charge in [-0.1, -0.05) is 19.1 Å². The molecular weight excluding hydrogens is 220 g/mol. The van der Waals surface area contributed by atoms with Gasteiger partial charge in [-0.25, -0.2) is 0 Å². The van der Waals surface area contributed by atoms with Crippen molar-refractivity contribution in [2.45, 2.75) is 45.1 Å². The van der Waals surface area contributed by atoms with E-state index in [0.717, 1.165) is 5.92 Å². The van der Waals surface area contributed by atoms with Crippen LogP contribution in [-0.2, 0) is 0 Å². The van der Waals surface area contributed by atoms with Crippen LogP contribution in [0.1, 0.15) is 39.0 Å². The highest BCUT2D eigenvalue weighted by Gasteiger charge is 2.26. The first-order valence-electron chi connectivity index (χ1n) is 7.43. The van der Waals surface area contributed by atoms with Crippen molar-refractivity contribution in [3.05, 3.63) is 24.3 Å². The van der Waals surface area contributed by atoms with Crippen LogP contribution in [0, 0.1) is 5.92 Å². The van der Waals surface area contributed by atoms with E-state index in [0.29, 0.717) is 6.04 Å². The van der Waals surface area contributed by atoms with Crippen molar-refractivity contribution in [3.63, 3.8) is 0 Å². The first-order valence-corrected chi connectivity index (χ1v) is 7.43. The molecule has 18 heavy (non-hydrogen) atoms. The van der Waals surface area contributed by atoms with E-state index in [1.54, 1.807) is 0 Å². The van der Waals surface area contributed by atoms with Crippen LogP contribution in [0.15, 0.2) is 24.3 Å². The molecule has 1 aliphatic carbocycles. The monoisotopic (exact) mass is 244 g/mol. The lowest BCUT2D eigenvalue weighted by Crippen LogP contribution is -2.35. The Labute approximate surface area is 110 Å². The molecule has 1 aromatic carbocycles. The number of para-hydroxylation sites is 2. The Hall–Kier alpha value is -1.18. The maximum absolute atomic E-state index is 3.73. The summed E-state index contributed by atoms with van der Waals surface area (Å²) in [5.74, 6) is 0.907. The van der Waals surface area contributed by atoms with Crippen LogP contribution in [0.2, 0.25) is 0 Å². The van der Waals surface area contributed by atoms with Crippen LogP contribution in [0.3, 0.4) is 0 Å². The van der Waals surface area contributed by atoms with Crippen molar-refractivity contribution in [1.29, 1.82) is 0 Å². The van der Waals surface area contributed by atoms with E-state index < -0.39 is 0 Å². The molecule has 1 saturated carbocycles. The fourth-order valence-electron chi connectivity index (χ4n) is 3.25. The summed E-state index contributed by atoms with van der Waals surface area (Å²) >= 11 is 0. The first kappa shape index (κ1) is 11.9. The molecule has 0 radical (unpaired) electrons. The first-order chi connectivity index (χ1) is 8.83. The Morgan fingerprint density at radius 1 is 1.06 bits per heavy atom. The topological polar surface area (TPSA) is 15.3 Å². The Bertz CT molecular complexity index is 390. The zero-order chi connectivity index (χ0) is 12.4. The third-order valence-corrected chi connectivity index (χ3v) is 4.33. The molecule has 2 nitrogen and oxygen atoms in total. The highest BCUT2D eigenvalue weighted by Crippen LogP contribution is 2.34. The normalized spacial score (nSPS) is 27.7. The van der Waals surface area contributed by atoms with E-state index in [2.05, 4.69) is 41.4 Å². The fraction of sp³-hybridized carbons (Fsp3) is 0.625. The van der Waals surface area contributed by atoms with E-state index in [-0.39, 0.29) is 0 Å². The molecule has 98 valence electrons. The molecule has 2 aliphatic rings. The van der Waals surface area contributed by atoms with Gasteiger partial charge < -0.3 is 10.2 Å². The quantitative estimate of drug-likeness (QED) is 0.868. The van der Waals surface area contributed by atoms with Crippen molar-refractivity contribution >= 4 is 11.4 Å². The summed E-state index contributed by atoms with van der Waals surface area (Å²) in [6.07, 6.45) is 6.73. The maximum Gasteiger partial charge on any atom is 0.0602 e. The Kier molecular flexibility index (Phi) is 3.44. The highest BCUT2D eigenvalue weighted by atomic mass is 15.2. The highest BCUT2D eigenvalue weighted by molar-refractivity contribution is 5.70. The van der Waals surface area contributed by atoms with Crippen LogP contribution >= 0.6 is 0 Å². The molecular formula is C16H24N2. The SMILES string of the molecule is CC1CC(Nc2ccccc2N2CCCCC2)C1. The molecule has 2 heteroatoms. The van der Waals surface area contributed by atoms with Gasteiger partial charge in [0.05, 0.1) is 11.4 Å². The van der Waals surface area contributed by atoms with Gasteiger partial charge in [0, 0.05) is 19.1 Å². The number of piperidine rings is 1. The van der Waals surface area contributed by atoms with Crippen LogP contribution in [-0.4, -0.2) is 19.1 Å². The minimum atomic E-state index is 0.700. The predicted molar refractivity (Wildman–Crippen MR) is 78.3 cm³/mol. The number of rotatable bonds is 3. The summed E-state index contributed by atoms with van der Waals surface area (Å²) in [5.41, 5.74) is 2.76. The van der Waals surface area contributed by atoms with Crippen molar-refractivity contribution < 1.29 is 0 Å². The minimum absolute atomic E-state index is 0.700. The van der Waals surface area contributed by atoms with E-state index in [4.69, 9.17) is 0 Å². The van der Waals surface area contributed by atoms with E-state index in [1.165, 1.54) is 56.6 Å². The summed E-state index contributed by atoms with van der Waals surface area (Å²) in [4.78, 5) is 2.55. The molecule has 0 aromatic heterocycles. The molecule has 1 N–H and O–H groups in total. The van der Waals surface area contributed by atoms with Gasteiger partial charge in [-0.3, -0.25) is 0 Å². The summed E-state index contributed by atoms with van der Waals surface area (Å²) in [7, 11) is 0. The lowest BCUT2D eigenvalue weighted by molar-refractivity contribution is 0.309. The van der Waals surface area contributed by atoms with Crippen LogP contribution in [0.25, 0.3) is 0 Å². The number of nitrogens with one attached hydrogen (secondary N) is 1. The molecule has 0 bridgehead atoms. The second-order valence-corrected chi connectivity index (χ2v) is 5.98. The summed E-state index contributed by atoms with van der Waals surface area (Å²) < 4.78 is 0. The second-order valence-electron chi connectivity index (χ2n) is 5.98. The third kappa shape index (κ3) is 2.47. The van der Waals surface area contributed by atoms with Crippen LogP contribution < -0.4 is 10.2 Å². The molecule has 0 amide bonds. The lowest BCUT2D eigenvalue weighted by atomic mass is 9.82. The molecule has 1 aliphatic heterocycles. The van der Waals surface area contributed by atoms with Crippen LogP contribution in [0.4, 0.5) is 11.4 Å². The number of benzene rings is 1. The van der Waals surface area contributed by atoms with Gasteiger partial charge in [-0.15, -0.1) is 0 Å². The zero-order valence-electron chi connectivity index (χ0n) is 11.4. The van der Waals surface area contributed by atoms with Gasteiger partial charge in [-0.05, 0) is 50.2 Å². The molecule has 2 fully saturated rings. The van der Waals surface area contributed by atoms with Crippen molar-refractivity contribution in [1.82, 2.24) is 0 Å². The molecule has 1 aromatic rings. The number of anilines is 2. The third-order valence-electron chi connectivity index (χ3n) is 4.33. The Morgan fingerprint density at radius 3 is 2.50 bits per heavy atom. The van der Waals surface area contributed by atoms with Gasteiger partial charge >= 0.3 is 0 Å². The van der Waals surface area contributed by atoms with E-state index in [1.807, 2.05) is 0 Å². The van der Waals surface area contributed by atoms with E-state index >= 15 is 0 Å². The molecule has 0 atom stereocenters.